The van der Waals surface area contributed by atoms with Gasteiger partial charge in [0.25, 0.3) is 5.91 Å². The maximum absolute atomic E-state index is 12.2. The molecule has 1 amide bonds. The van der Waals surface area contributed by atoms with Crippen LogP contribution in [0.5, 0.6) is 0 Å². The summed E-state index contributed by atoms with van der Waals surface area (Å²) in [5.41, 5.74) is 2.92. The van der Waals surface area contributed by atoms with Crippen LogP contribution in [0.2, 0.25) is 0 Å². The Balaban J connectivity index is 1.65. The predicted molar refractivity (Wildman–Crippen MR) is 106 cm³/mol. The summed E-state index contributed by atoms with van der Waals surface area (Å²) in [7, 11) is 0. The summed E-state index contributed by atoms with van der Waals surface area (Å²) in [6.45, 7) is 3.81. The van der Waals surface area contributed by atoms with Crippen molar-refractivity contribution in [1.82, 2.24) is 14.9 Å². The number of hydrogen-bond donors (Lipinski definition) is 1. The van der Waals surface area contributed by atoms with Gasteiger partial charge in [0.15, 0.2) is 0 Å². The van der Waals surface area contributed by atoms with E-state index in [9.17, 15) is 4.79 Å². The normalized spacial score (nSPS) is 11.0. The third-order valence-corrected chi connectivity index (χ3v) is 4.64. The van der Waals surface area contributed by atoms with Gasteiger partial charge in [0, 0.05) is 25.1 Å². The van der Waals surface area contributed by atoms with Gasteiger partial charge in [0.05, 0.1) is 11.0 Å². The van der Waals surface area contributed by atoms with Crippen molar-refractivity contribution in [2.75, 3.05) is 6.54 Å². The SMILES string of the molecule is CCCCCCn1c(CCNC(=O)c2ccccc2)nc2ccccc21. The van der Waals surface area contributed by atoms with Crippen molar-refractivity contribution in [3.8, 4) is 0 Å². The number of carbonyl (C=O) groups excluding carboxylic acids is 1. The van der Waals surface area contributed by atoms with Crippen molar-refractivity contribution < 1.29 is 4.79 Å². The quantitative estimate of drug-likeness (QED) is 0.574. The van der Waals surface area contributed by atoms with E-state index < -0.39 is 0 Å². The molecule has 2 aromatic carbocycles. The molecule has 0 aliphatic heterocycles. The van der Waals surface area contributed by atoms with E-state index in [1.54, 1.807) is 0 Å². The lowest BCUT2D eigenvalue weighted by Gasteiger charge is -2.10. The molecule has 0 saturated carbocycles. The van der Waals surface area contributed by atoms with Crippen LogP contribution in [0.1, 0.15) is 48.8 Å². The lowest BCUT2D eigenvalue weighted by molar-refractivity contribution is 0.0954. The molecule has 1 N–H and O–H groups in total. The molecule has 0 saturated heterocycles. The number of carbonyl (C=O) groups is 1. The Hall–Kier alpha value is -2.62. The molecule has 0 aliphatic rings. The van der Waals surface area contributed by atoms with Gasteiger partial charge in [-0.2, -0.15) is 0 Å². The Morgan fingerprint density at radius 3 is 2.58 bits per heavy atom. The predicted octanol–water partition coefficient (Wildman–Crippen LogP) is 4.59. The van der Waals surface area contributed by atoms with Gasteiger partial charge in [0.1, 0.15) is 5.82 Å². The summed E-state index contributed by atoms with van der Waals surface area (Å²) in [4.78, 5) is 17.0. The number of nitrogens with one attached hydrogen (secondary N) is 1. The highest BCUT2D eigenvalue weighted by Gasteiger charge is 2.11. The van der Waals surface area contributed by atoms with E-state index in [1.165, 1.54) is 24.8 Å². The van der Waals surface area contributed by atoms with Gasteiger partial charge in [-0.1, -0.05) is 56.5 Å². The van der Waals surface area contributed by atoms with Crippen LogP contribution in [0.15, 0.2) is 54.6 Å². The molecule has 4 nitrogen and oxygen atoms in total. The molecule has 26 heavy (non-hydrogen) atoms. The van der Waals surface area contributed by atoms with E-state index in [0.29, 0.717) is 12.1 Å². The topological polar surface area (TPSA) is 46.9 Å². The van der Waals surface area contributed by atoms with Crippen molar-refractivity contribution in [3.63, 3.8) is 0 Å². The number of aromatic nitrogens is 2. The average molecular weight is 349 g/mol. The van der Waals surface area contributed by atoms with Crippen molar-refractivity contribution in [1.29, 1.82) is 0 Å². The Morgan fingerprint density at radius 1 is 1.00 bits per heavy atom. The van der Waals surface area contributed by atoms with Crippen LogP contribution in [0.4, 0.5) is 0 Å². The van der Waals surface area contributed by atoms with Crippen molar-refractivity contribution in [2.45, 2.75) is 45.6 Å². The molecule has 0 radical (unpaired) electrons. The van der Waals surface area contributed by atoms with Crippen molar-refractivity contribution >= 4 is 16.9 Å². The highest BCUT2D eigenvalue weighted by molar-refractivity contribution is 5.94. The number of nitrogens with zero attached hydrogens (tertiary/aromatic N) is 2. The van der Waals surface area contributed by atoms with E-state index in [-0.39, 0.29) is 5.91 Å². The summed E-state index contributed by atoms with van der Waals surface area (Å²) >= 11 is 0. The standard InChI is InChI=1S/C22H27N3O/c1-2-3-4-10-17-25-20-14-9-8-13-19(20)24-21(25)15-16-23-22(26)18-11-6-5-7-12-18/h5-9,11-14H,2-4,10,15-17H2,1H3,(H,23,26). The lowest BCUT2D eigenvalue weighted by Crippen LogP contribution is -2.26. The lowest BCUT2D eigenvalue weighted by atomic mass is 10.2. The molecule has 0 spiro atoms. The molecule has 0 fully saturated rings. The minimum absolute atomic E-state index is 0.0313. The molecular weight excluding hydrogens is 322 g/mol. The first-order chi connectivity index (χ1) is 12.8. The molecular formula is C22H27N3O. The summed E-state index contributed by atoms with van der Waals surface area (Å²) in [5.74, 6) is 1.02. The van der Waals surface area contributed by atoms with Crippen LogP contribution < -0.4 is 5.32 Å². The van der Waals surface area contributed by atoms with E-state index in [0.717, 1.165) is 30.7 Å². The zero-order chi connectivity index (χ0) is 18.2. The monoisotopic (exact) mass is 349 g/mol. The van der Waals surface area contributed by atoms with Crippen LogP contribution in [-0.2, 0) is 13.0 Å². The summed E-state index contributed by atoms with van der Waals surface area (Å²) < 4.78 is 2.32. The molecule has 136 valence electrons. The second kappa shape index (κ2) is 9.18. The molecule has 0 unspecified atom stereocenters. The fourth-order valence-corrected chi connectivity index (χ4v) is 3.24. The van der Waals surface area contributed by atoms with Gasteiger partial charge in [-0.15, -0.1) is 0 Å². The molecule has 4 heteroatoms. The number of benzene rings is 2. The van der Waals surface area contributed by atoms with Crippen LogP contribution in [0, 0.1) is 0 Å². The number of hydrogen-bond acceptors (Lipinski definition) is 2. The minimum atomic E-state index is -0.0313. The van der Waals surface area contributed by atoms with Crippen molar-refractivity contribution in [2.24, 2.45) is 0 Å². The molecule has 0 bridgehead atoms. The molecule has 3 aromatic rings. The largest absolute Gasteiger partial charge is 0.352 e. The van der Waals surface area contributed by atoms with Crippen LogP contribution in [0.25, 0.3) is 11.0 Å². The van der Waals surface area contributed by atoms with Gasteiger partial charge >= 0.3 is 0 Å². The number of aryl methyl sites for hydroxylation is 1. The second-order valence-corrected chi connectivity index (χ2v) is 6.60. The number of amides is 1. The maximum atomic E-state index is 12.2. The summed E-state index contributed by atoms with van der Waals surface area (Å²) in [5, 5.41) is 3.00. The van der Waals surface area contributed by atoms with Gasteiger partial charge in [-0.05, 0) is 30.7 Å². The molecule has 0 aliphatic carbocycles. The van der Waals surface area contributed by atoms with Crippen LogP contribution >= 0.6 is 0 Å². The molecule has 3 rings (SSSR count). The minimum Gasteiger partial charge on any atom is -0.352 e. The first-order valence-corrected chi connectivity index (χ1v) is 9.57. The summed E-state index contributed by atoms with van der Waals surface area (Å²) in [6.07, 6.45) is 5.66. The Labute approximate surface area is 155 Å². The number of imidazole rings is 1. The summed E-state index contributed by atoms with van der Waals surface area (Å²) in [6, 6.07) is 17.6. The van der Waals surface area contributed by atoms with E-state index in [2.05, 4.69) is 35.0 Å². The fourth-order valence-electron chi connectivity index (χ4n) is 3.24. The zero-order valence-electron chi connectivity index (χ0n) is 15.4. The third kappa shape index (κ3) is 4.51. The highest BCUT2D eigenvalue weighted by Crippen LogP contribution is 2.17. The average Bonchev–Trinajstić information content (AvgIpc) is 3.03. The first kappa shape index (κ1) is 18.2. The molecule has 0 atom stereocenters. The fraction of sp³-hybridized carbons (Fsp3) is 0.364. The van der Waals surface area contributed by atoms with Crippen molar-refractivity contribution in [3.05, 3.63) is 66.0 Å². The smallest absolute Gasteiger partial charge is 0.251 e. The Morgan fingerprint density at radius 2 is 1.77 bits per heavy atom. The van der Waals surface area contributed by atoms with Crippen LogP contribution in [0.3, 0.4) is 0 Å². The van der Waals surface area contributed by atoms with Gasteiger partial charge in [-0.25, -0.2) is 4.98 Å². The molecule has 1 aromatic heterocycles. The van der Waals surface area contributed by atoms with Gasteiger partial charge in [-0.3, -0.25) is 4.79 Å². The van der Waals surface area contributed by atoms with E-state index >= 15 is 0 Å². The van der Waals surface area contributed by atoms with Crippen LogP contribution in [-0.4, -0.2) is 22.0 Å². The number of unbranched alkanes of at least 4 members (excludes halogenated alkanes) is 3. The Bertz CT molecular complexity index is 839. The Kier molecular flexibility index (Phi) is 6.42. The van der Waals surface area contributed by atoms with Gasteiger partial charge < -0.3 is 9.88 Å². The molecule has 1 heterocycles. The van der Waals surface area contributed by atoms with E-state index in [1.807, 2.05) is 36.4 Å². The number of rotatable bonds is 9. The second-order valence-electron chi connectivity index (χ2n) is 6.60. The third-order valence-electron chi connectivity index (χ3n) is 4.64. The zero-order valence-corrected chi connectivity index (χ0v) is 15.4. The highest BCUT2D eigenvalue weighted by atomic mass is 16.1. The van der Waals surface area contributed by atoms with E-state index in [4.69, 9.17) is 4.98 Å². The first-order valence-electron chi connectivity index (χ1n) is 9.57. The number of para-hydroxylation sites is 2. The maximum Gasteiger partial charge on any atom is 0.251 e. The number of fused-ring (bicyclic) bond motifs is 1. The van der Waals surface area contributed by atoms with Gasteiger partial charge in [0.2, 0.25) is 0 Å².